The molecule has 1 heterocycles. The van der Waals surface area contributed by atoms with Crippen LogP contribution in [0, 0.1) is 0 Å². The summed E-state index contributed by atoms with van der Waals surface area (Å²) in [6, 6.07) is 3.03. The van der Waals surface area contributed by atoms with Crippen LogP contribution in [0.1, 0.15) is 18.4 Å². The van der Waals surface area contributed by atoms with Gasteiger partial charge in [0.2, 0.25) is 5.91 Å². The van der Waals surface area contributed by atoms with Gasteiger partial charge in [0.25, 0.3) is 0 Å². The minimum Gasteiger partial charge on any atom is -0.310 e. The van der Waals surface area contributed by atoms with Gasteiger partial charge in [0.15, 0.2) is 0 Å². The highest BCUT2D eigenvalue weighted by molar-refractivity contribution is 9.10. The van der Waals surface area contributed by atoms with Gasteiger partial charge in [0.1, 0.15) is 0 Å². The van der Waals surface area contributed by atoms with E-state index >= 15 is 0 Å². The number of halogens is 5. The van der Waals surface area contributed by atoms with Crippen LogP contribution in [-0.4, -0.2) is 17.3 Å². The van der Waals surface area contributed by atoms with Crippen LogP contribution < -0.4 is 4.90 Å². The standard InChI is InChI=1S/C12H10BrClF3NO/c13-8-2-1-5-18(11(8)19)10-4-3-7(6-9(10)14)12(15,16)17/h3-4,6,8H,1-2,5H2. The maximum Gasteiger partial charge on any atom is 0.416 e. The second-order valence-electron chi connectivity index (χ2n) is 4.26. The topological polar surface area (TPSA) is 20.3 Å². The molecule has 0 saturated carbocycles. The third-order valence-corrected chi connectivity index (χ3v) is 4.09. The molecule has 19 heavy (non-hydrogen) atoms. The zero-order chi connectivity index (χ0) is 14.2. The van der Waals surface area contributed by atoms with E-state index in [2.05, 4.69) is 15.9 Å². The van der Waals surface area contributed by atoms with E-state index in [-0.39, 0.29) is 15.8 Å². The third-order valence-electron chi connectivity index (χ3n) is 2.94. The SMILES string of the molecule is O=C1C(Br)CCCN1c1ccc(C(F)(F)F)cc1Cl. The number of piperidine rings is 1. The lowest BCUT2D eigenvalue weighted by Gasteiger charge is -2.30. The number of amides is 1. The van der Waals surface area contributed by atoms with Gasteiger partial charge in [0, 0.05) is 6.54 Å². The van der Waals surface area contributed by atoms with Gasteiger partial charge >= 0.3 is 6.18 Å². The highest BCUT2D eigenvalue weighted by Crippen LogP contribution is 2.36. The molecule has 1 atom stereocenters. The highest BCUT2D eigenvalue weighted by Gasteiger charge is 2.33. The fraction of sp³-hybridized carbons (Fsp3) is 0.417. The van der Waals surface area contributed by atoms with Crippen LogP contribution >= 0.6 is 27.5 Å². The number of hydrogen-bond donors (Lipinski definition) is 0. The highest BCUT2D eigenvalue weighted by atomic mass is 79.9. The van der Waals surface area contributed by atoms with Gasteiger partial charge in [-0.1, -0.05) is 27.5 Å². The lowest BCUT2D eigenvalue weighted by molar-refractivity contribution is -0.137. The van der Waals surface area contributed by atoms with Crippen LogP contribution in [0.2, 0.25) is 5.02 Å². The molecule has 0 N–H and O–H groups in total. The van der Waals surface area contributed by atoms with Crippen molar-refractivity contribution in [3.8, 4) is 0 Å². The number of benzene rings is 1. The number of hydrogen-bond acceptors (Lipinski definition) is 1. The third kappa shape index (κ3) is 3.05. The molecule has 2 nitrogen and oxygen atoms in total. The molecule has 0 aromatic heterocycles. The zero-order valence-corrected chi connectivity index (χ0v) is 12.0. The second-order valence-corrected chi connectivity index (χ2v) is 5.78. The lowest BCUT2D eigenvalue weighted by atomic mass is 10.1. The van der Waals surface area contributed by atoms with Crippen LogP contribution in [-0.2, 0) is 11.0 Å². The van der Waals surface area contributed by atoms with E-state index in [0.717, 1.165) is 18.6 Å². The number of carbonyl (C=O) groups excluding carboxylic acids is 1. The number of nitrogens with zero attached hydrogens (tertiary/aromatic N) is 1. The van der Waals surface area contributed by atoms with Crippen molar-refractivity contribution in [2.24, 2.45) is 0 Å². The summed E-state index contributed by atoms with van der Waals surface area (Å²) >= 11 is 9.12. The minimum absolute atomic E-state index is 0.0650. The Hall–Kier alpha value is -0.750. The molecule has 0 radical (unpaired) electrons. The van der Waals surface area contributed by atoms with Gasteiger partial charge in [-0.25, -0.2) is 0 Å². The molecule has 0 spiro atoms. The van der Waals surface area contributed by atoms with Crippen molar-refractivity contribution in [3.05, 3.63) is 28.8 Å². The summed E-state index contributed by atoms with van der Waals surface area (Å²) in [6.45, 7) is 0.464. The first kappa shape index (κ1) is 14.7. The lowest BCUT2D eigenvalue weighted by Crippen LogP contribution is -2.42. The van der Waals surface area contributed by atoms with Crippen LogP contribution in [0.4, 0.5) is 18.9 Å². The first-order valence-electron chi connectivity index (χ1n) is 5.63. The van der Waals surface area contributed by atoms with E-state index in [4.69, 9.17) is 11.6 Å². The molecular weight excluding hydrogens is 346 g/mol. The Morgan fingerprint density at radius 2 is 2.05 bits per heavy atom. The van der Waals surface area contributed by atoms with E-state index < -0.39 is 11.7 Å². The van der Waals surface area contributed by atoms with Crippen molar-refractivity contribution in [3.63, 3.8) is 0 Å². The fourth-order valence-electron chi connectivity index (χ4n) is 1.97. The van der Waals surface area contributed by atoms with Gasteiger partial charge in [-0.15, -0.1) is 0 Å². The van der Waals surface area contributed by atoms with Gasteiger partial charge < -0.3 is 4.90 Å². The van der Waals surface area contributed by atoms with Crippen molar-refractivity contribution in [1.29, 1.82) is 0 Å². The molecule has 1 amide bonds. The van der Waals surface area contributed by atoms with Crippen molar-refractivity contribution in [2.45, 2.75) is 23.8 Å². The summed E-state index contributed by atoms with van der Waals surface area (Å²) in [5.74, 6) is -0.173. The molecule has 2 rings (SSSR count). The fourth-order valence-corrected chi connectivity index (χ4v) is 2.83. The summed E-state index contributed by atoms with van der Waals surface area (Å²) in [4.78, 5) is 13.1. The molecular formula is C12H10BrClF3NO. The molecule has 1 unspecified atom stereocenters. The second kappa shape index (κ2) is 5.32. The molecule has 1 fully saturated rings. The number of alkyl halides is 4. The van der Waals surface area contributed by atoms with Gasteiger partial charge in [-0.05, 0) is 31.0 Å². The Morgan fingerprint density at radius 1 is 1.37 bits per heavy atom. The van der Waals surface area contributed by atoms with Gasteiger partial charge in [-0.3, -0.25) is 4.79 Å². The number of anilines is 1. The normalized spacial score (nSPS) is 20.8. The van der Waals surface area contributed by atoms with E-state index in [0.29, 0.717) is 18.7 Å². The molecule has 1 aliphatic heterocycles. The van der Waals surface area contributed by atoms with Crippen LogP contribution in [0.5, 0.6) is 0 Å². The largest absolute Gasteiger partial charge is 0.416 e. The Bertz CT molecular complexity index is 506. The van der Waals surface area contributed by atoms with Crippen LogP contribution in [0.15, 0.2) is 18.2 Å². The minimum atomic E-state index is -4.44. The van der Waals surface area contributed by atoms with Crippen LogP contribution in [0.25, 0.3) is 0 Å². The Labute approximate surface area is 121 Å². The van der Waals surface area contributed by atoms with E-state index in [9.17, 15) is 18.0 Å². The molecule has 7 heteroatoms. The Kier molecular flexibility index (Phi) is 4.11. The first-order chi connectivity index (χ1) is 8.80. The average Bonchev–Trinajstić information content (AvgIpc) is 2.32. The predicted molar refractivity (Wildman–Crippen MR) is 70.8 cm³/mol. The molecule has 1 aromatic rings. The Morgan fingerprint density at radius 3 is 2.63 bits per heavy atom. The maximum absolute atomic E-state index is 12.5. The summed E-state index contributed by atoms with van der Waals surface area (Å²) < 4.78 is 37.6. The van der Waals surface area contributed by atoms with Crippen molar-refractivity contribution >= 4 is 39.1 Å². The number of rotatable bonds is 1. The molecule has 104 valence electrons. The monoisotopic (exact) mass is 355 g/mol. The van der Waals surface area contributed by atoms with Crippen molar-refractivity contribution in [2.75, 3.05) is 11.4 Å². The Balaban J connectivity index is 2.33. The predicted octanol–water partition coefficient (Wildman–Crippen LogP) is 4.25. The quantitative estimate of drug-likeness (QED) is 0.689. The van der Waals surface area contributed by atoms with Gasteiger partial charge in [-0.2, -0.15) is 13.2 Å². The smallest absolute Gasteiger partial charge is 0.310 e. The van der Waals surface area contributed by atoms with Gasteiger partial charge in [0.05, 0.1) is 21.1 Å². The zero-order valence-electron chi connectivity index (χ0n) is 9.68. The van der Waals surface area contributed by atoms with Crippen LogP contribution in [0.3, 0.4) is 0 Å². The molecule has 1 aliphatic rings. The number of carbonyl (C=O) groups is 1. The summed E-state index contributed by atoms with van der Waals surface area (Å²) in [6.07, 6.45) is -2.95. The first-order valence-corrected chi connectivity index (χ1v) is 6.92. The van der Waals surface area contributed by atoms with E-state index in [1.807, 2.05) is 0 Å². The molecule has 0 aliphatic carbocycles. The summed E-state index contributed by atoms with van der Waals surface area (Å²) in [5.41, 5.74) is -0.495. The molecule has 1 aromatic carbocycles. The van der Waals surface area contributed by atoms with Crippen molar-refractivity contribution < 1.29 is 18.0 Å². The van der Waals surface area contributed by atoms with Crippen molar-refractivity contribution in [1.82, 2.24) is 0 Å². The molecule has 0 bridgehead atoms. The average molecular weight is 357 g/mol. The van der Waals surface area contributed by atoms with E-state index in [1.54, 1.807) is 0 Å². The maximum atomic E-state index is 12.5. The summed E-state index contributed by atoms with van der Waals surface area (Å²) in [5, 5.41) is -0.0650. The molecule has 1 saturated heterocycles. The summed E-state index contributed by atoms with van der Waals surface area (Å²) in [7, 11) is 0. The van der Waals surface area contributed by atoms with E-state index in [1.165, 1.54) is 11.0 Å².